The molecule has 1 aromatic carbocycles. The van der Waals surface area contributed by atoms with E-state index in [2.05, 4.69) is 24.1 Å². The lowest BCUT2D eigenvalue weighted by Gasteiger charge is -2.33. The van der Waals surface area contributed by atoms with Gasteiger partial charge in [0.25, 0.3) is 5.91 Å². The summed E-state index contributed by atoms with van der Waals surface area (Å²) in [6.07, 6.45) is 2.08. The maximum atomic E-state index is 12.4. The second-order valence-electron chi connectivity index (χ2n) is 6.58. The van der Waals surface area contributed by atoms with Crippen molar-refractivity contribution < 1.29 is 9.53 Å². The number of nitrogens with zero attached hydrogens (tertiary/aromatic N) is 1. The summed E-state index contributed by atoms with van der Waals surface area (Å²) in [7, 11) is 1.66. The van der Waals surface area contributed by atoms with Gasteiger partial charge in [0.2, 0.25) is 0 Å². The summed E-state index contributed by atoms with van der Waals surface area (Å²) in [5, 5.41) is 3.17. The molecule has 0 radical (unpaired) electrons. The number of likely N-dealkylation sites (tertiary alicyclic amines) is 1. The van der Waals surface area contributed by atoms with Gasteiger partial charge in [-0.1, -0.05) is 26.0 Å². The number of hydrogen-bond donors (Lipinski definition) is 1. The molecule has 1 aromatic rings. The second-order valence-corrected chi connectivity index (χ2v) is 6.58. The number of rotatable bonds is 6. The van der Waals surface area contributed by atoms with Gasteiger partial charge < -0.3 is 15.0 Å². The van der Waals surface area contributed by atoms with Crippen LogP contribution in [0.3, 0.4) is 0 Å². The average molecular weight is 304 g/mol. The molecule has 0 spiro atoms. The zero-order valence-electron chi connectivity index (χ0n) is 14.0. The molecule has 1 fully saturated rings. The topological polar surface area (TPSA) is 41.6 Å². The van der Waals surface area contributed by atoms with Crippen LogP contribution in [-0.4, -0.2) is 43.6 Å². The molecule has 0 saturated carbocycles. The first kappa shape index (κ1) is 17.0. The average Bonchev–Trinajstić information content (AvgIpc) is 2.49. The molecule has 0 unspecified atom stereocenters. The van der Waals surface area contributed by atoms with Crippen molar-refractivity contribution in [3.63, 3.8) is 0 Å². The Kier molecular flexibility index (Phi) is 6.40. The van der Waals surface area contributed by atoms with Gasteiger partial charge in [-0.25, -0.2) is 0 Å². The van der Waals surface area contributed by atoms with E-state index in [0.29, 0.717) is 18.6 Å². The Morgan fingerprint density at radius 1 is 1.36 bits per heavy atom. The SMILES string of the molecule is COCc1cccc(C(=O)NC2CCN(CC(C)C)CC2)c1. The van der Waals surface area contributed by atoms with E-state index in [-0.39, 0.29) is 5.91 Å². The van der Waals surface area contributed by atoms with Crippen molar-refractivity contribution >= 4 is 5.91 Å². The van der Waals surface area contributed by atoms with E-state index in [1.54, 1.807) is 7.11 Å². The van der Waals surface area contributed by atoms with Crippen molar-refractivity contribution in [3.05, 3.63) is 35.4 Å². The van der Waals surface area contributed by atoms with Gasteiger partial charge in [-0.3, -0.25) is 4.79 Å². The highest BCUT2D eigenvalue weighted by molar-refractivity contribution is 5.94. The van der Waals surface area contributed by atoms with E-state index in [0.717, 1.165) is 43.6 Å². The molecule has 0 aliphatic carbocycles. The summed E-state index contributed by atoms with van der Waals surface area (Å²) in [6, 6.07) is 7.95. The molecule has 2 rings (SSSR count). The first-order chi connectivity index (χ1) is 10.6. The number of carbonyl (C=O) groups excluding carboxylic acids is 1. The molecule has 1 N–H and O–H groups in total. The van der Waals surface area contributed by atoms with Crippen molar-refractivity contribution in [2.45, 2.75) is 39.3 Å². The highest BCUT2D eigenvalue weighted by Gasteiger charge is 2.21. The van der Waals surface area contributed by atoms with Crippen LogP contribution in [0.25, 0.3) is 0 Å². The van der Waals surface area contributed by atoms with E-state index in [4.69, 9.17) is 4.74 Å². The van der Waals surface area contributed by atoms with Crippen molar-refractivity contribution in [2.24, 2.45) is 5.92 Å². The summed E-state index contributed by atoms with van der Waals surface area (Å²) < 4.78 is 5.12. The lowest BCUT2D eigenvalue weighted by molar-refractivity contribution is 0.0907. The summed E-state index contributed by atoms with van der Waals surface area (Å²) in [5.74, 6) is 0.731. The number of nitrogens with one attached hydrogen (secondary N) is 1. The molecule has 1 amide bonds. The van der Waals surface area contributed by atoms with Crippen LogP contribution in [0.15, 0.2) is 24.3 Å². The van der Waals surface area contributed by atoms with E-state index in [9.17, 15) is 4.79 Å². The van der Waals surface area contributed by atoms with Gasteiger partial charge >= 0.3 is 0 Å². The van der Waals surface area contributed by atoms with Gasteiger partial charge in [-0.05, 0) is 36.5 Å². The van der Waals surface area contributed by atoms with Crippen LogP contribution >= 0.6 is 0 Å². The Balaban J connectivity index is 1.84. The molecule has 22 heavy (non-hydrogen) atoms. The zero-order chi connectivity index (χ0) is 15.9. The van der Waals surface area contributed by atoms with Crippen LogP contribution in [0, 0.1) is 5.92 Å². The van der Waals surface area contributed by atoms with Crippen molar-refractivity contribution in [2.75, 3.05) is 26.7 Å². The van der Waals surface area contributed by atoms with Gasteiger partial charge in [-0.2, -0.15) is 0 Å². The van der Waals surface area contributed by atoms with Crippen molar-refractivity contribution in [3.8, 4) is 0 Å². The minimum absolute atomic E-state index is 0.0280. The summed E-state index contributed by atoms with van der Waals surface area (Å²) in [5.41, 5.74) is 1.75. The Morgan fingerprint density at radius 2 is 2.09 bits per heavy atom. The molecule has 1 saturated heterocycles. The second kappa shape index (κ2) is 8.30. The quantitative estimate of drug-likeness (QED) is 0.878. The van der Waals surface area contributed by atoms with E-state index < -0.39 is 0 Å². The summed E-state index contributed by atoms with van der Waals surface area (Å²) in [6.45, 7) is 8.34. The van der Waals surface area contributed by atoms with Crippen LogP contribution < -0.4 is 5.32 Å². The maximum Gasteiger partial charge on any atom is 0.251 e. The van der Waals surface area contributed by atoms with Gasteiger partial charge in [0.1, 0.15) is 0 Å². The van der Waals surface area contributed by atoms with Crippen LogP contribution in [0.2, 0.25) is 0 Å². The molecule has 4 nitrogen and oxygen atoms in total. The highest BCUT2D eigenvalue weighted by Crippen LogP contribution is 2.13. The minimum Gasteiger partial charge on any atom is -0.380 e. The fourth-order valence-corrected chi connectivity index (χ4v) is 3.01. The number of methoxy groups -OCH3 is 1. The molecule has 0 bridgehead atoms. The summed E-state index contributed by atoms with van der Waals surface area (Å²) in [4.78, 5) is 14.9. The normalized spacial score (nSPS) is 16.9. The fraction of sp³-hybridized carbons (Fsp3) is 0.611. The summed E-state index contributed by atoms with van der Waals surface area (Å²) >= 11 is 0. The molecular weight excluding hydrogens is 276 g/mol. The lowest BCUT2D eigenvalue weighted by atomic mass is 10.0. The molecule has 1 heterocycles. The van der Waals surface area contributed by atoms with Gasteiger partial charge in [0, 0.05) is 38.3 Å². The van der Waals surface area contributed by atoms with Gasteiger partial charge in [0.15, 0.2) is 0 Å². The smallest absolute Gasteiger partial charge is 0.251 e. The van der Waals surface area contributed by atoms with Crippen molar-refractivity contribution in [1.82, 2.24) is 10.2 Å². The molecule has 122 valence electrons. The third-order valence-corrected chi connectivity index (χ3v) is 4.05. The van der Waals surface area contributed by atoms with Gasteiger partial charge in [-0.15, -0.1) is 0 Å². The first-order valence-corrected chi connectivity index (χ1v) is 8.19. The van der Waals surface area contributed by atoms with Gasteiger partial charge in [0.05, 0.1) is 6.61 Å². The molecular formula is C18H28N2O2. The number of carbonyl (C=O) groups is 1. The Hall–Kier alpha value is -1.39. The van der Waals surface area contributed by atoms with Crippen molar-refractivity contribution in [1.29, 1.82) is 0 Å². The third-order valence-electron chi connectivity index (χ3n) is 4.05. The standard InChI is InChI=1S/C18H28N2O2/c1-14(2)12-20-9-7-17(8-10-20)19-18(21)16-6-4-5-15(11-16)13-22-3/h4-6,11,14,17H,7-10,12-13H2,1-3H3,(H,19,21). The first-order valence-electron chi connectivity index (χ1n) is 8.19. The Labute approximate surface area is 133 Å². The number of benzene rings is 1. The van der Waals surface area contributed by atoms with E-state index in [1.807, 2.05) is 24.3 Å². The molecule has 0 atom stereocenters. The van der Waals surface area contributed by atoms with Crippen LogP contribution in [0.4, 0.5) is 0 Å². The van der Waals surface area contributed by atoms with E-state index in [1.165, 1.54) is 0 Å². The number of amides is 1. The Bertz CT molecular complexity index is 480. The van der Waals surface area contributed by atoms with Crippen LogP contribution in [-0.2, 0) is 11.3 Å². The number of hydrogen-bond acceptors (Lipinski definition) is 3. The molecule has 0 aromatic heterocycles. The largest absolute Gasteiger partial charge is 0.380 e. The fourth-order valence-electron chi connectivity index (χ4n) is 3.01. The zero-order valence-corrected chi connectivity index (χ0v) is 14.0. The van der Waals surface area contributed by atoms with E-state index >= 15 is 0 Å². The Morgan fingerprint density at radius 3 is 2.73 bits per heavy atom. The lowest BCUT2D eigenvalue weighted by Crippen LogP contribution is -2.45. The predicted octanol–water partition coefficient (Wildman–Crippen LogP) is 2.68. The number of ether oxygens (including phenoxy) is 1. The predicted molar refractivity (Wildman–Crippen MR) is 88.9 cm³/mol. The minimum atomic E-state index is 0.0280. The van der Waals surface area contributed by atoms with Crippen LogP contribution in [0.1, 0.15) is 42.6 Å². The van der Waals surface area contributed by atoms with Crippen LogP contribution in [0.5, 0.6) is 0 Å². The third kappa shape index (κ3) is 5.11. The monoisotopic (exact) mass is 304 g/mol. The molecule has 4 heteroatoms. The molecule has 1 aliphatic heterocycles. The number of piperidine rings is 1. The molecule has 1 aliphatic rings. The maximum absolute atomic E-state index is 12.4. The highest BCUT2D eigenvalue weighted by atomic mass is 16.5.